The van der Waals surface area contributed by atoms with Crippen LogP contribution in [0.4, 0.5) is 0 Å². The molecule has 0 amide bonds. The first kappa shape index (κ1) is 35.9. The van der Waals surface area contributed by atoms with Gasteiger partial charge in [0.25, 0.3) is 0 Å². The number of para-hydroxylation sites is 2. The normalized spacial score (nSPS) is 11.5. The van der Waals surface area contributed by atoms with Crippen molar-refractivity contribution in [3.05, 3.63) is 212 Å². The lowest BCUT2D eigenvalue weighted by Crippen LogP contribution is -2.00. The van der Waals surface area contributed by atoms with Crippen molar-refractivity contribution < 1.29 is 4.42 Å². The van der Waals surface area contributed by atoms with Crippen LogP contribution in [0.1, 0.15) is 0 Å². The molecular formula is C57H35N3OS. The van der Waals surface area contributed by atoms with Gasteiger partial charge in [-0.15, -0.1) is 11.3 Å². The van der Waals surface area contributed by atoms with E-state index in [0.717, 1.165) is 60.7 Å². The molecule has 0 radical (unpaired) electrons. The Morgan fingerprint density at radius 2 is 0.823 bits per heavy atom. The van der Waals surface area contributed by atoms with E-state index < -0.39 is 0 Å². The maximum absolute atomic E-state index is 6.45. The maximum Gasteiger partial charge on any atom is 0.164 e. The molecule has 0 N–H and O–H groups in total. The molecule has 0 saturated heterocycles. The van der Waals surface area contributed by atoms with Crippen LogP contribution in [0.2, 0.25) is 0 Å². The third-order valence-corrected chi connectivity index (χ3v) is 12.9. The molecular weight excluding hydrogens is 775 g/mol. The number of furan rings is 1. The van der Waals surface area contributed by atoms with Crippen LogP contribution in [0.25, 0.3) is 121 Å². The van der Waals surface area contributed by atoms with E-state index >= 15 is 0 Å². The van der Waals surface area contributed by atoms with Gasteiger partial charge in [-0.2, -0.15) is 0 Å². The number of fused-ring (bicyclic) bond motifs is 6. The molecule has 290 valence electrons. The summed E-state index contributed by atoms with van der Waals surface area (Å²) in [5.74, 6) is 1.87. The Hall–Kier alpha value is -7.99. The summed E-state index contributed by atoms with van der Waals surface area (Å²) < 4.78 is 8.85. The molecule has 12 rings (SSSR count). The standard InChI is InChI=1S/C57H35N3OS/c1-3-13-36(14-4-1)37-27-29-38(30-28-37)40-17-9-18-41(33-40)42-31-32-51-49(35-42)53-48(24-12-26-52(53)62-51)57-59-55(39-15-5-2-6-16-39)58-56(60-57)44-20-10-19-43(34-44)45-22-11-23-47-46-21-7-8-25-50(46)61-54(45)47/h1-35H. The van der Waals surface area contributed by atoms with Crippen molar-refractivity contribution in [3.8, 4) is 78.7 Å². The summed E-state index contributed by atoms with van der Waals surface area (Å²) in [6.07, 6.45) is 0. The van der Waals surface area contributed by atoms with E-state index in [1.54, 1.807) is 11.3 Å². The fourth-order valence-corrected chi connectivity index (χ4v) is 9.81. The summed E-state index contributed by atoms with van der Waals surface area (Å²) in [6.45, 7) is 0. The van der Waals surface area contributed by atoms with Crippen LogP contribution in [0.15, 0.2) is 217 Å². The van der Waals surface area contributed by atoms with Gasteiger partial charge >= 0.3 is 0 Å². The van der Waals surface area contributed by atoms with Gasteiger partial charge in [-0.1, -0.05) is 176 Å². The summed E-state index contributed by atoms with van der Waals surface area (Å²) >= 11 is 1.80. The second kappa shape index (κ2) is 14.9. The van der Waals surface area contributed by atoms with Crippen LogP contribution in [0.5, 0.6) is 0 Å². The van der Waals surface area contributed by atoms with Gasteiger partial charge < -0.3 is 4.42 Å². The molecule has 3 aromatic heterocycles. The Balaban J connectivity index is 0.968. The molecule has 0 aliphatic carbocycles. The average molecular weight is 810 g/mol. The fourth-order valence-electron chi connectivity index (χ4n) is 8.70. The monoisotopic (exact) mass is 809 g/mol. The Labute approximate surface area is 362 Å². The predicted octanol–water partition coefficient (Wildman–Crippen LogP) is 15.8. The highest BCUT2D eigenvalue weighted by atomic mass is 32.1. The van der Waals surface area contributed by atoms with Gasteiger partial charge in [0, 0.05) is 53.2 Å². The molecule has 0 fully saturated rings. The number of rotatable bonds is 7. The third-order valence-electron chi connectivity index (χ3n) is 11.8. The van der Waals surface area contributed by atoms with Gasteiger partial charge in [0.2, 0.25) is 0 Å². The minimum absolute atomic E-state index is 0.610. The van der Waals surface area contributed by atoms with Gasteiger partial charge in [0.05, 0.1) is 0 Å². The molecule has 4 nitrogen and oxygen atoms in total. The van der Waals surface area contributed by atoms with Crippen LogP contribution in [0, 0.1) is 0 Å². The first-order valence-corrected chi connectivity index (χ1v) is 21.6. The zero-order valence-electron chi connectivity index (χ0n) is 33.4. The van der Waals surface area contributed by atoms with Crippen LogP contribution < -0.4 is 0 Å². The smallest absolute Gasteiger partial charge is 0.164 e. The quantitative estimate of drug-likeness (QED) is 0.161. The maximum atomic E-state index is 6.45. The van der Waals surface area contributed by atoms with Crippen LogP contribution >= 0.6 is 11.3 Å². The fraction of sp³-hybridized carbons (Fsp3) is 0. The molecule has 0 spiro atoms. The summed E-state index contributed by atoms with van der Waals surface area (Å²) in [5.41, 5.74) is 13.7. The summed E-state index contributed by atoms with van der Waals surface area (Å²) in [6, 6.07) is 74.6. The Morgan fingerprint density at radius 1 is 0.306 bits per heavy atom. The van der Waals surface area contributed by atoms with Gasteiger partial charge in [-0.05, 0) is 75.3 Å². The molecule has 5 heteroatoms. The van der Waals surface area contributed by atoms with E-state index in [-0.39, 0.29) is 0 Å². The van der Waals surface area contributed by atoms with Crippen molar-refractivity contribution in [2.24, 2.45) is 0 Å². The summed E-state index contributed by atoms with van der Waals surface area (Å²) in [7, 11) is 0. The van der Waals surface area contributed by atoms with E-state index in [0.29, 0.717) is 17.5 Å². The Kier molecular flexibility index (Phi) is 8.65. The SMILES string of the molecule is c1ccc(-c2ccc(-c3cccc(-c4ccc5sc6cccc(-c7nc(-c8ccccc8)nc(-c8cccc(-c9cccc%10c9oc9ccccc9%10)c8)n7)c6c5c4)c3)cc2)cc1. The highest BCUT2D eigenvalue weighted by molar-refractivity contribution is 7.26. The lowest BCUT2D eigenvalue weighted by molar-refractivity contribution is 0.670. The molecule has 12 aromatic rings. The molecule has 9 aromatic carbocycles. The zero-order valence-corrected chi connectivity index (χ0v) is 34.2. The summed E-state index contributed by atoms with van der Waals surface area (Å²) in [5, 5.41) is 4.53. The van der Waals surface area contributed by atoms with Crippen molar-refractivity contribution in [2.45, 2.75) is 0 Å². The minimum atomic E-state index is 0.610. The highest BCUT2D eigenvalue weighted by Crippen LogP contribution is 2.42. The van der Waals surface area contributed by atoms with Gasteiger partial charge in [-0.25, -0.2) is 15.0 Å². The lowest BCUT2D eigenvalue weighted by Gasteiger charge is -2.11. The molecule has 0 bridgehead atoms. The van der Waals surface area contributed by atoms with Crippen LogP contribution in [0.3, 0.4) is 0 Å². The molecule has 0 aliphatic heterocycles. The average Bonchev–Trinajstić information content (AvgIpc) is 3.93. The van der Waals surface area contributed by atoms with E-state index in [1.807, 2.05) is 30.3 Å². The lowest BCUT2D eigenvalue weighted by atomic mass is 9.96. The minimum Gasteiger partial charge on any atom is -0.455 e. The van der Waals surface area contributed by atoms with E-state index in [2.05, 4.69) is 182 Å². The van der Waals surface area contributed by atoms with Crippen molar-refractivity contribution in [2.75, 3.05) is 0 Å². The molecule has 0 aliphatic rings. The molecule has 62 heavy (non-hydrogen) atoms. The number of thiophene rings is 1. The number of nitrogens with zero attached hydrogens (tertiary/aromatic N) is 3. The zero-order chi connectivity index (χ0) is 41.0. The second-order valence-corrected chi connectivity index (χ2v) is 16.6. The van der Waals surface area contributed by atoms with Crippen LogP contribution in [-0.2, 0) is 0 Å². The Bertz CT molecular complexity index is 3630. The number of hydrogen-bond acceptors (Lipinski definition) is 5. The number of benzene rings is 9. The van der Waals surface area contributed by atoms with Crippen molar-refractivity contribution >= 4 is 53.4 Å². The van der Waals surface area contributed by atoms with Crippen molar-refractivity contribution in [1.82, 2.24) is 15.0 Å². The largest absolute Gasteiger partial charge is 0.455 e. The molecule has 3 heterocycles. The van der Waals surface area contributed by atoms with E-state index in [1.165, 1.54) is 42.6 Å². The molecule has 0 saturated carbocycles. The van der Waals surface area contributed by atoms with Crippen molar-refractivity contribution in [1.29, 1.82) is 0 Å². The molecule has 0 atom stereocenters. The third kappa shape index (κ3) is 6.35. The predicted molar refractivity (Wildman–Crippen MR) is 258 cm³/mol. The second-order valence-electron chi connectivity index (χ2n) is 15.5. The first-order valence-electron chi connectivity index (χ1n) is 20.7. The van der Waals surface area contributed by atoms with E-state index in [4.69, 9.17) is 19.4 Å². The van der Waals surface area contributed by atoms with Gasteiger partial charge in [0.1, 0.15) is 11.2 Å². The summed E-state index contributed by atoms with van der Waals surface area (Å²) in [4.78, 5) is 15.6. The van der Waals surface area contributed by atoms with Gasteiger partial charge in [-0.3, -0.25) is 0 Å². The van der Waals surface area contributed by atoms with Crippen molar-refractivity contribution in [3.63, 3.8) is 0 Å². The Morgan fingerprint density at radius 3 is 1.63 bits per heavy atom. The van der Waals surface area contributed by atoms with E-state index in [9.17, 15) is 0 Å². The first-order chi connectivity index (χ1) is 30.7. The topological polar surface area (TPSA) is 51.8 Å². The highest BCUT2D eigenvalue weighted by Gasteiger charge is 2.19. The molecule has 0 unspecified atom stereocenters. The number of aromatic nitrogens is 3. The van der Waals surface area contributed by atoms with Gasteiger partial charge in [0.15, 0.2) is 17.5 Å². The van der Waals surface area contributed by atoms with Crippen LogP contribution in [-0.4, -0.2) is 15.0 Å². The number of hydrogen-bond donors (Lipinski definition) is 0.